The lowest BCUT2D eigenvalue weighted by molar-refractivity contribution is 0.0319. The van der Waals surface area contributed by atoms with Gasteiger partial charge in [0.25, 0.3) is 5.91 Å². The van der Waals surface area contributed by atoms with Crippen LogP contribution in [0.1, 0.15) is 32.2 Å². The van der Waals surface area contributed by atoms with Crippen LogP contribution in [0, 0.1) is 13.8 Å². The molecule has 0 bridgehead atoms. The van der Waals surface area contributed by atoms with Crippen LogP contribution >= 0.6 is 11.3 Å². The average Bonchev–Trinajstić information content (AvgIpc) is 3.31. The Morgan fingerprint density at radius 1 is 1.12 bits per heavy atom. The summed E-state index contributed by atoms with van der Waals surface area (Å²) in [5.74, 6) is 0.920. The van der Waals surface area contributed by atoms with E-state index in [4.69, 9.17) is 14.5 Å². The van der Waals surface area contributed by atoms with Gasteiger partial charge in [0.15, 0.2) is 0 Å². The van der Waals surface area contributed by atoms with E-state index in [-0.39, 0.29) is 5.91 Å². The van der Waals surface area contributed by atoms with Gasteiger partial charge in [0.2, 0.25) is 0 Å². The number of carbonyl (C=O) groups is 1. The molecule has 0 unspecified atom stereocenters. The van der Waals surface area contributed by atoms with Crippen molar-refractivity contribution in [2.75, 3.05) is 39.4 Å². The molecule has 7 heteroatoms. The summed E-state index contributed by atoms with van der Waals surface area (Å²) in [7, 11) is 0. The highest BCUT2D eigenvalue weighted by atomic mass is 32.1. The number of carbonyl (C=O) groups excluding carboxylic acids is 1. The smallest absolute Gasteiger partial charge is 0.254 e. The number of hydrogen-bond acceptors (Lipinski definition) is 6. The molecule has 0 aliphatic carbocycles. The molecule has 1 amide bonds. The van der Waals surface area contributed by atoms with Crippen LogP contribution < -0.4 is 4.74 Å². The van der Waals surface area contributed by atoms with Crippen LogP contribution in [0.25, 0.3) is 0 Å². The van der Waals surface area contributed by atoms with Crippen LogP contribution in [0.5, 0.6) is 5.75 Å². The molecule has 1 aliphatic rings. The van der Waals surface area contributed by atoms with Crippen LogP contribution in [0.15, 0.2) is 53.9 Å². The predicted octanol–water partition coefficient (Wildman–Crippen LogP) is 4.31. The lowest BCUT2D eigenvalue weighted by Gasteiger charge is -2.30. The highest BCUT2D eigenvalue weighted by Crippen LogP contribution is 2.23. The Labute approximate surface area is 199 Å². The fourth-order valence-corrected chi connectivity index (χ4v) is 4.50. The van der Waals surface area contributed by atoms with Crippen LogP contribution in [0.3, 0.4) is 0 Å². The Bertz CT molecular complexity index is 1050. The molecule has 1 fully saturated rings. The van der Waals surface area contributed by atoms with Gasteiger partial charge in [0.1, 0.15) is 17.4 Å². The number of benzene rings is 2. The second-order valence-electron chi connectivity index (χ2n) is 8.27. The predicted molar refractivity (Wildman–Crippen MR) is 131 cm³/mol. The summed E-state index contributed by atoms with van der Waals surface area (Å²) in [6.07, 6.45) is 0. The molecule has 1 saturated heterocycles. The zero-order valence-electron chi connectivity index (χ0n) is 19.3. The summed E-state index contributed by atoms with van der Waals surface area (Å²) < 4.78 is 11.5. The van der Waals surface area contributed by atoms with Crippen molar-refractivity contribution in [3.63, 3.8) is 0 Å². The SMILES string of the molecule is Cc1cccc(OCc2nc(CN(CCN3CCOCC3)C(=O)c3ccccc3)cs2)c1C. The summed E-state index contributed by atoms with van der Waals surface area (Å²) in [6.45, 7) is 9.86. The number of aromatic nitrogens is 1. The van der Waals surface area contributed by atoms with Crippen LogP contribution in [0.4, 0.5) is 0 Å². The molecule has 0 atom stereocenters. The third kappa shape index (κ3) is 6.41. The second kappa shape index (κ2) is 11.4. The summed E-state index contributed by atoms with van der Waals surface area (Å²) in [5.41, 5.74) is 3.96. The highest BCUT2D eigenvalue weighted by molar-refractivity contribution is 7.09. The molecule has 1 aromatic heterocycles. The van der Waals surface area contributed by atoms with Crippen molar-refractivity contribution in [3.8, 4) is 5.75 Å². The number of aryl methyl sites for hydroxylation is 1. The lowest BCUT2D eigenvalue weighted by Crippen LogP contribution is -2.43. The molecule has 6 nitrogen and oxygen atoms in total. The summed E-state index contributed by atoms with van der Waals surface area (Å²) in [6, 6.07) is 15.5. The minimum atomic E-state index is 0.0324. The van der Waals surface area contributed by atoms with Crippen LogP contribution in [0.2, 0.25) is 0 Å². The Hall–Kier alpha value is -2.74. The second-order valence-corrected chi connectivity index (χ2v) is 9.21. The maximum atomic E-state index is 13.2. The third-order valence-electron chi connectivity index (χ3n) is 5.96. The number of rotatable bonds is 9. The Morgan fingerprint density at radius 2 is 1.91 bits per heavy atom. The third-order valence-corrected chi connectivity index (χ3v) is 6.83. The minimum Gasteiger partial charge on any atom is -0.486 e. The van der Waals surface area contributed by atoms with Gasteiger partial charge in [-0.3, -0.25) is 9.69 Å². The Balaban J connectivity index is 1.41. The van der Waals surface area contributed by atoms with E-state index in [0.29, 0.717) is 25.3 Å². The summed E-state index contributed by atoms with van der Waals surface area (Å²) in [5, 5.41) is 2.94. The molecule has 0 radical (unpaired) electrons. The fraction of sp³-hybridized carbons (Fsp3) is 0.385. The minimum absolute atomic E-state index is 0.0324. The van der Waals surface area contributed by atoms with Gasteiger partial charge in [-0.15, -0.1) is 11.3 Å². The molecule has 2 heterocycles. The standard InChI is InChI=1S/C26H31N3O3S/c1-20-7-6-10-24(21(20)2)32-18-25-27-23(19-33-25)17-29(12-11-28-13-15-31-16-14-28)26(30)22-8-4-3-5-9-22/h3-10,19H,11-18H2,1-2H3. The molecule has 33 heavy (non-hydrogen) atoms. The topological polar surface area (TPSA) is 54.9 Å². The van der Waals surface area contributed by atoms with Crippen LogP contribution in [-0.4, -0.2) is 60.1 Å². The zero-order chi connectivity index (χ0) is 23.0. The first-order valence-corrected chi connectivity index (χ1v) is 12.2. The molecule has 174 valence electrons. The van der Waals surface area contributed by atoms with Crippen molar-refractivity contribution in [2.24, 2.45) is 0 Å². The van der Waals surface area contributed by atoms with E-state index in [1.807, 2.05) is 52.7 Å². The molecular formula is C26H31N3O3S. The van der Waals surface area contributed by atoms with Gasteiger partial charge in [-0.1, -0.05) is 30.3 Å². The Kier molecular flexibility index (Phi) is 8.10. The zero-order valence-corrected chi connectivity index (χ0v) is 20.1. The van der Waals surface area contributed by atoms with Crippen molar-refractivity contribution in [1.82, 2.24) is 14.8 Å². The van der Waals surface area contributed by atoms with Gasteiger partial charge in [0, 0.05) is 37.1 Å². The number of amides is 1. The lowest BCUT2D eigenvalue weighted by atomic mass is 10.1. The van der Waals surface area contributed by atoms with Gasteiger partial charge in [-0.25, -0.2) is 4.98 Å². The van der Waals surface area contributed by atoms with Crippen LogP contribution in [-0.2, 0) is 17.9 Å². The van der Waals surface area contributed by atoms with E-state index in [1.54, 1.807) is 11.3 Å². The van der Waals surface area contributed by atoms with Crippen molar-refractivity contribution < 1.29 is 14.3 Å². The number of ether oxygens (including phenoxy) is 2. The number of hydrogen-bond donors (Lipinski definition) is 0. The molecule has 1 aliphatic heterocycles. The largest absolute Gasteiger partial charge is 0.486 e. The van der Waals surface area contributed by atoms with E-state index in [0.717, 1.165) is 54.9 Å². The van der Waals surface area contributed by atoms with E-state index in [2.05, 4.69) is 24.8 Å². The molecule has 0 spiro atoms. The van der Waals surface area contributed by atoms with E-state index in [1.165, 1.54) is 5.56 Å². The van der Waals surface area contributed by atoms with E-state index in [9.17, 15) is 4.79 Å². The first-order valence-electron chi connectivity index (χ1n) is 11.4. The van der Waals surface area contributed by atoms with Crippen molar-refractivity contribution in [2.45, 2.75) is 27.0 Å². The molecule has 3 aromatic rings. The first kappa shape index (κ1) is 23.4. The highest BCUT2D eigenvalue weighted by Gasteiger charge is 2.19. The van der Waals surface area contributed by atoms with Crippen molar-refractivity contribution in [3.05, 3.63) is 81.3 Å². The molecule has 0 N–H and O–H groups in total. The molecule has 2 aromatic carbocycles. The number of thiazole rings is 1. The number of morpholine rings is 1. The fourth-order valence-electron chi connectivity index (χ4n) is 3.81. The number of nitrogens with zero attached hydrogens (tertiary/aromatic N) is 3. The van der Waals surface area contributed by atoms with Crippen molar-refractivity contribution in [1.29, 1.82) is 0 Å². The quantitative estimate of drug-likeness (QED) is 0.471. The average molecular weight is 466 g/mol. The maximum Gasteiger partial charge on any atom is 0.254 e. The maximum absolute atomic E-state index is 13.2. The van der Waals surface area contributed by atoms with Gasteiger partial charge >= 0.3 is 0 Å². The summed E-state index contributed by atoms with van der Waals surface area (Å²) in [4.78, 5) is 22.2. The van der Waals surface area contributed by atoms with Gasteiger partial charge in [-0.05, 0) is 43.2 Å². The molecule has 4 rings (SSSR count). The Morgan fingerprint density at radius 3 is 2.70 bits per heavy atom. The first-order chi connectivity index (χ1) is 16.1. The molecule has 0 saturated carbocycles. The molecular weight excluding hydrogens is 434 g/mol. The monoisotopic (exact) mass is 465 g/mol. The van der Waals surface area contributed by atoms with E-state index < -0.39 is 0 Å². The van der Waals surface area contributed by atoms with Gasteiger partial charge < -0.3 is 14.4 Å². The van der Waals surface area contributed by atoms with Crippen molar-refractivity contribution >= 4 is 17.2 Å². The normalized spacial score (nSPS) is 14.2. The summed E-state index contributed by atoms with van der Waals surface area (Å²) >= 11 is 1.57. The van der Waals surface area contributed by atoms with Gasteiger partial charge in [0.05, 0.1) is 25.5 Å². The van der Waals surface area contributed by atoms with Gasteiger partial charge in [-0.2, -0.15) is 0 Å². The van der Waals surface area contributed by atoms with E-state index >= 15 is 0 Å².